The van der Waals surface area contributed by atoms with E-state index in [1.807, 2.05) is 74.2 Å². The Morgan fingerprint density at radius 1 is 0.891 bits per heavy atom. The maximum Gasteiger partial charge on any atom is 0.409 e. The highest BCUT2D eigenvalue weighted by molar-refractivity contribution is 5.99. The number of pyridine rings is 1. The van der Waals surface area contributed by atoms with Crippen molar-refractivity contribution in [1.29, 1.82) is 0 Å². The van der Waals surface area contributed by atoms with Crippen LogP contribution in [0.5, 0.6) is 5.75 Å². The summed E-state index contributed by atoms with van der Waals surface area (Å²) in [5.74, 6) is -1.43. The third kappa shape index (κ3) is 11.4. The number of unbranched alkanes of at least 4 members (excludes halogenated alkanes) is 1. The number of nitrogens with zero attached hydrogens (tertiary/aromatic N) is 4. The monoisotopic (exact) mass is 759 g/mol. The first kappa shape index (κ1) is 40.9. The molecule has 55 heavy (non-hydrogen) atoms. The SMILES string of the molecule is CCCCOC(=O)N1CCN(C(=O)[C@H](CCC(=O)OCCOCC)NC(=O)c2cc(OCC(=O)N3CCC[C@H]3c3ccccc3)c3ccc(C)cc3n2)CC1. The number of hydrogen-bond donors (Lipinski definition) is 1. The van der Waals surface area contributed by atoms with Crippen LogP contribution in [0.25, 0.3) is 10.9 Å². The topological polar surface area (TPSA) is 157 Å². The number of esters is 1. The number of hydrogen-bond acceptors (Lipinski definition) is 10. The number of carbonyl (C=O) groups excluding carboxylic acids is 5. The minimum absolute atomic E-state index is 0.0133. The lowest BCUT2D eigenvalue weighted by molar-refractivity contribution is -0.145. The quantitative estimate of drug-likeness (QED) is 0.150. The van der Waals surface area contributed by atoms with Crippen molar-refractivity contribution in [2.75, 3.05) is 65.8 Å². The lowest BCUT2D eigenvalue weighted by Crippen LogP contribution is -2.56. The summed E-state index contributed by atoms with van der Waals surface area (Å²) >= 11 is 0. The van der Waals surface area contributed by atoms with Gasteiger partial charge in [0, 0.05) is 57.2 Å². The lowest BCUT2D eigenvalue weighted by atomic mass is 10.0. The highest BCUT2D eigenvalue weighted by Gasteiger charge is 2.33. The summed E-state index contributed by atoms with van der Waals surface area (Å²) in [6.45, 7) is 8.29. The van der Waals surface area contributed by atoms with Crippen LogP contribution in [-0.2, 0) is 28.6 Å². The zero-order chi connectivity index (χ0) is 39.2. The molecule has 0 aliphatic carbocycles. The summed E-state index contributed by atoms with van der Waals surface area (Å²) in [6, 6.07) is 15.8. The van der Waals surface area contributed by atoms with E-state index in [0.29, 0.717) is 36.4 Å². The summed E-state index contributed by atoms with van der Waals surface area (Å²) in [6.07, 6.45) is 2.84. The van der Waals surface area contributed by atoms with Gasteiger partial charge in [0.05, 0.1) is 24.8 Å². The molecule has 2 aliphatic heterocycles. The van der Waals surface area contributed by atoms with Crippen molar-refractivity contribution >= 4 is 40.7 Å². The Hall–Kier alpha value is -5.24. The van der Waals surface area contributed by atoms with Gasteiger partial charge < -0.3 is 39.0 Å². The van der Waals surface area contributed by atoms with Crippen LogP contribution in [0.3, 0.4) is 0 Å². The summed E-state index contributed by atoms with van der Waals surface area (Å²) in [5, 5.41) is 3.44. The Balaban J connectivity index is 1.30. The Morgan fingerprint density at radius 2 is 1.65 bits per heavy atom. The minimum atomic E-state index is -1.10. The fourth-order valence-corrected chi connectivity index (χ4v) is 6.76. The molecule has 2 aliphatic rings. The fourth-order valence-electron chi connectivity index (χ4n) is 6.76. The molecule has 14 nitrogen and oxygen atoms in total. The number of aromatic nitrogens is 1. The molecule has 4 amide bonds. The van der Waals surface area contributed by atoms with E-state index in [-0.39, 0.29) is 76.5 Å². The van der Waals surface area contributed by atoms with Gasteiger partial charge in [-0.2, -0.15) is 0 Å². The predicted molar refractivity (Wildman–Crippen MR) is 204 cm³/mol. The zero-order valence-corrected chi connectivity index (χ0v) is 32.1. The largest absolute Gasteiger partial charge is 0.483 e. The number of likely N-dealkylation sites (tertiary alicyclic amines) is 1. The molecule has 2 fully saturated rings. The van der Waals surface area contributed by atoms with E-state index in [1.54, 1.807) is 9.80 Å². The van der Waals surface area contributed by atoms with Crippen molar-refractivity contribution in [1.82, 2.24) is 25.0 Å². The van der Waals surface area contributed by atoms with Gasteiger partial charge in [0.2, 0.25) is 5.91 Å². The van der Waals surface area contributed by atoms with E-state index in [1.165, 1.54) is 6.07 Å². The molecule has 0 radical (unpaired) electrons. The molecular formula is C41H53N5O9. The molecule has 5 rings (SSSR count). The van der Waals surface area contributed by atoms with E-state index >= 15 is 0 Å². The third-order valence-corrected chi connectivity index (χ3v) is 9.78. The fraction of sp³-hybridized carbons (Fsp3) is 0.512. The number of benzene rings is 2. The van der Waals surface area contributed by atoms with E-state index < -0.39 is 29.9 Å². The number of carbonyl (C=O) groups is 5. The van der Waals surface area contributed by atoms with Crippen molar-refractivity contribution < 1.29 is 42.9 Å². The first-order valence-corrected chi connectivity index (χ1v) is 19.3. The molecule has 0 unspecified atom stereocenters. The van der Waals surface area contributed by atoms with Gasteiger partial charge in [-0.15, -0.1) is 0 Å². The zero-order valence-electron chi connectivity index (χ0n) is 32.1. The third-order valence-electron chi connectivity index (χ3n) is 9.78. The first-order chi connectivity index (χ1) is 26.7. The summed E-state index contributed by atoms with van der Waals surface area (Å²) in [4.78, 5) is 76.1. The smallest absolute Gasteiger partial charge is 0.409 e. The molecule has 0 bridgehead atoms. The van der Waals surface area contributed by atoms with E-state index in [2.05, 4.69) is 10.3 Å². The van der Waals surface area contributed by atoms with Crippen LogP contribution in [0.15, 0.2) is 54.6 Å². The van der Waals surface area contributed by atoms with Gasteiger partial charge in [0.1, 0.15) is 24.1 Å². The van der Waals surface area contributed by atoms with Crippen molar-refractivity contribution in [2.45, 2.75) is 71.4 Å². The molecule has 296 valence electrons. The van der Waals surface area contributed by atoms with Crippen LogP contribution in [0, 0.1) is 6.92 Å². The van der Waals surface area contributed by atoms with Crippen LogP contribution in [-0.4, -0.2) is 121 Å². The second-order valence-electron chi connectivity index (χ2n) is 13.7. The second-order valence-corrected chi connectivity index (χ2v) is 13.7. The molecule has 2 aromatic carbocycles. The van der Waals surface area contributed by atoms with Gasteiger partial charge in [0.15, 0.2) is 6.61 Å². The molecule has 3 heterocycles. The Morgan fingerprint density at radius 3 is 2.40 bits per heavy atom. The lowest BCUT2D eigenvalue weighted by Gasteiger charge is -2.36. The standard InChI is InChI=1S/C41H53N5O9/c1-4-6-23-54-41(51)45-21-19-44(20-22-45)40(50)32(16-17-38(48)53-25-24-52-5-2)43-39(49)34-27-36(31-15-14-29(3)26-33(31)42-34)55-28-37(47)46-18-10-13-35(46)30-11-8-7-9-12-30/h7-9,11-12,14-15,26-27,32,35H,4-6,10,13,16-25,28H2,1-3H3,(H,43,49)/t32-,35-/m0/s1. The van der Waals surface area contributed by atoms with Gasteiger partial charge in [-0.1, -0.05) is 49.7 Å². The van der Waals surface area contributed by atoms with Crippen molar-refractivity contribution in [2.24, 2.45) is 0 Å². The molecule has 1 N–H and O–H groups in total. The molecule has 14 heteroatoms. The number of rotatable bonds is 17. The molecule has 2 saturated heterocycles. The first-order valence-electron chi connectivity index (χ1n) is 19.3. The van der Waals surface area contributed by atoms with Crippen molar-refractivity contribution in [3.63, 3.8) is 0 Å². The van der Waals surface area contributed by atoms with Gasteiger partial charge in [0.25, 0.3) is 11.8 Å². The molecule has 2 atom stereocenters. The number of aryl methyl sites for hydroxylation is 1. The number of ether oxygens (including phenoxy) is 4. The summed E-state index contributed by atoms with van der Waals surface area (Å²) in [5.41, 5.74) is 2.46. The van der Waals surface area contributed by atoms with Gasteiger partial charge in [-0.25, -0.2) is 9.78 Å². The van der Waals surface area contributed by atoms with E-state index in [9.17, 15) is 24.0 Å². The number of amides is 4. The molecule has 1 aromatic heterocycles. The number of nitrogens with one attached hydrogen (secondary N) is 1. The molecule has 0 saturated carbocycles. The minimum Gasteiger partial charge on any atom is -0.483 e. The van der Waals surface area contributed by atoms with E-state index in [0.717, 1.165) is 36.8 Å². The average molecular weight is 760 g/mol. The Bertz CT molecular complexity index is 1780. The molecular weight excluding hydrogens is 706 g/mol. The maximum atomic E-state index is 13.9. The second kappa shape index (κ2) is 20.4. The summed E-state index contributed by atoms with van der Waals surface area (Å²) in [7, 11) is 0. The Kier molecular flexibility index (Phi) is 15.2. The van der Waals surface area contributed by atoms with Crippen LogP contribution >= 0.6 is 0 Å². The number of piperazine rings is 1. The molecule has 3 aromatic rings. The van der Waals surface area contributed by atoms with Gasteiger partial charge >= 0.3 is 12.1 Å². The Labute approximate surface area is 322 Å². The van der Waals surface area contributed by atoms with Crippen molar-refractivity contribution in [3.05, 3.63) is 71.4 Å². The maximum absolute atomic E-state index is 13.9. The van der Waals surface area contributed by atoms with Gasteiger partial charge in [-0.3, -0.25) is 19.2 Å². The van der Waals surface area contributed by atoms with Crippen molar-refractivity contribution in [3.8, 4) is 5.75 Å². The van der Waals surface area contributed by atoms with E-state index in [4.69, 9.17) is 18.9 Å². The summed E-state index contributed by atoms with van der Waals surface area (Å²) < 4.78 is 22.0. The van der Waals surface area contributed by atoms with Crippen LogP contribution < -0.4 is 10.1 Å². The predicted octanol–water partition coefficient (Wildman–Crippen LogP) is 4.82. The van der Waals surface area contributed by atoms with Crippen LogP contribution in [0.2, 0.25) is 0 Å². The van der Waals surface area contributed by atoms with Crippen LogP contribution in [0.1, 0.15) is 80.0 Å². The molecule has 0 spiro atoms. The number of fused-ring (bicyclic) bond motifs is 1. The average Bonchev–Trinajstić information content (AvgIpc) is 3.70. The normalized spacial score (nSPS) is 16.1. The van der Waals surface area contributed by atoms with Crippen LogP contribution in [0.4, 0.5) is 4.79 Å². The highest BCUT2D eigenvalue weighted by Crippen LogP contribution is 2.32. The van der Waals surface area contributed by atoms with Gasteiger partial charge in [-0.05, 0) is 62.8 Å². The highest BCUT2D eigenvalue weighted by atomic mass is 16.6.